The highest BCUT2D eigenvalue weighted by molar-refractivity contribution is 5.96. The minimum Gasteiger partial charge on any atom is -0.488 e. The predicted molar refractivity (Wildman–Crippen MR) is 77.2 cm³/mol. The Balaban J connectivity index is 1.95. The summed E-state index contributed by atoms with van der Waals surface area (Å²) >= 11 is 0. The standard InChI is InChI=1S/C15H17N3O3/c1-18-14-10-5-3-4-6-12(10)21-9-11(14)13(17-18)15(19)16-7-8-20-2/h3-6H,7-9H2,1-2H3,(H,16,19). The number of carbonyl (C=O) groups is 1. The van der Waals surface area contributed by atoms with E-state index in [0.29, 0.717) is 25.5 Å². The van der Waals surface area contributed by atoms with Crippen molar-refractivity contribution in [2.24, 2.45) is 7.05 Å². The van der Waals surface area contributed by atoms with Gasteiger partial charge in [-0.05, 0) is 12.1 Å². The number of carbonyl (C=O) groups excluding carboxylic acids is 1. The van der Waals surface area contributed by atoms with Gasteiger partial charge in [-0.25, -0.2) is 0 Å². The number of hydrogen-bond donors (Lipinski definition) is 1. The molecule has 2 heterocycles. The van der Waals surface area contributed by atoms with Gasteiger partial charge in [0.25, 0.3) is 5.91 Å². The van der Waals surface area contributed by atoms with Gasteiger partial charge in [-0.1, -0.05) is 12.1 Å². The van der Waals surface area contributed by atoms with Gasteiger partial charge >= 0.3 is 0 Å². The highest BCUT2D eigenvalue weighted by atomic mass is 16.5. The summed E-state index contributed by atoms with van der Waals surface area (Å²) in [5.74, 6) is 0.617. The highest BCUT2D eigenvalue weighted by Crippen LogP contribution is 2.38. The number of amides is 1. The number of para-hydroxylation sites is 1. The Morgan fingerprint density at radius 2 is 2.29 bits per heavy atom. The molecule has 3 rings (SSSR count). The van der Waals surface area contributed by atoms with Crippen LogP contribution in [0.25, 0.3) is 11.3 Å². The number of methoxy groups -OCH3 is 1. The molecule has 1 aromatic heterocycles. The fourth-order valence-electron chi connectivity index (χ4n) is 2.51. The molecule has 0 saturated heterocycles. The first-order valence-corrected chi connectivity index (χ1v) is 6.77. The lowest BCUT2D eigenvalue weighted by Gasteiger charge is -2.18. The molecule has 1 aromatic carbocycles. The number of ether oxygens (including phenoxy) is 2. The Bertz CT molecular complexity index is 679. The number of rotatable bonds is 4. The maximum Gasteiger partial charge on any atom is 0.272 e. The quantitative estimate of drug-likeness (QED) is 0.862. The summed E-state index contributed by atoms with van der Waals surface area (Å²) in [7, 11) is 3.44. The van der Waals surface area contributed by atoms with Gasteiger partial charge in [-0.3, -0.25) is 9.48 Å². The molecule has 21 heavy (non-hydrogen) atoms. The second-order valence-corrected chi connectivity index (χ2v) is 4.83. The van der Waals surface area contributed by atoms with Crippen LogP contribution >= 0.6 is 0 Å². The van der Waals surface area contributed by atoms with Crippen LogP contribution in [0.5, 0.6) is 5.75 Å². The average Bonchev–Trinajstić information content (AvgIpc) is 2.85. The van der Waals surface area contributed by atoms with E-state index >= 15 is 0 Å². The molecule has 6 nitrogen and oxygen atoms in total. The zero-order valence-electron chi connectivity index (χ0n) is 12.0. The Kier molecular flexibility index (Phi) is 3.62. The van der Waals surface area contributed by atoms with Gasteiger partial charge in [0.2, 0.25) is 0 Å². The largest absolute Gasteiger partial charge is 0.488 e. The molecular weight excluding hydrogens is 270 g/mol. The van der Waals surface area contributed by atoms with Crippen LogP contribution in [0.4, 0.5) is 0 Å². The molecule has 1 aliphatic heterocycles. The summed E-state index contributed by atoms with van der Waals surface area (Å²) in [5, 5.41) is 7.15. The van der Waals surface area contributed by atoms with Crippen molar-refractivity contribution in [3.8, 4) is 17.0 Å². The molecule has 0 radical (unpaired) electrons. The summed E-state index contributed by atoms with van der Waals surface area (Å²) in [6, 6.07) is 7.77. The lowest BCUT2D eigenvalue weighted by Crippen LogP contribution is -2.28. The Morgan fingerprint density at radius 1 is 1.48 bits per heavy atom. The third kappa shape index (κ3) is 2.38. The predicted octanol–water partition coefficient (Wildman–Crippen LogP) is 1.36. The van der Waals surface area contributed by atoms with Gasteiger partial charge in [0.15, 0.2) is 5.69 Å². The third-order valence-electron chi connectivity index (χ3n) is 3.47. The fraction of sp³-hybridized carbons (Fsp3) is 0.333. The lowest BCUT2D eigenvalue weighted by atomic mass is 10.0. The van der Waals surface area contributed by atoms with Crippen LogP contribution in [-0.2, 0) is 18.4 Å². The van der Waals surface area contributed by atoms with Crippen LogP contribution in [0, 0.1) is 0 Å². The van der Waals surface area contributed by atoms with Gasteiger partial charge < -0.3 is 14.8 Å². The molecule has 110 valence electrons. The molecule has 0 atom stereocenters. The van der Waals surface area contributed by atoms with E-state index in [-0.39, 0.29) is 5.91 Å². The zero-order chi connectivity index (χ0) is 14.8. The van der Waals surface area contributed by atoms with E-state index in [4.69, 9.17) is 9.47 Å². The first-order valence-electron chi connectivity index (χ1n) is 6.77. The minimum absolute atomic E-state index is 0.202. The summed E-state index contributed by atoms with van der Waals surface area (Å²) < 4.78 is 12.4. The summed E-state index contributed by atoms with van der Waals surface area (Å²) in [6.07, 6.45) is 0. The Labute approximate surface area is 122 Å². The number of fused-ring (bicyclic) bond motifs is 3. The summed E-state index contributed by atoms with van der Waals surface area (Å²) in [4.78, 5) is 12.2. The Hall–Kier alpha value is -2.34. The number of nitrogens with zero attached hydrogens (tertiary/aromatic N) is 2. The van der Waals surface area contributed by atoms with Crippen molar-refractivity contribution in [2.45, 2.75) is 6.61 Å². The van der Waals surface area contributed by atoms with E-state index in [1.165, 1.54) is 0 Å². The van der Waals surface area contributed by atoms with Crippen LogP contribution in [0.1, 0.15) is 16.1 Å². The minimum atomic E-state index is -0.202. The van der Waals surface area contributed by atoms with E-state index < -0.39 is 0 Å². The number of aryl methyl sites for hydroxylation is 1. The van der Waals surface area contributed by atoms with E-state index in [0.717, 1.165) is 22.6 Å². The average molecular weight is 287 g/mol. The summed E-state index contributed by atoms with van der Waals surface area (Å²) in [5.41, 5.74) is 3.14. The van der Waals surface area contributed by atoms with E-state index in [9.17, 15) is 4.79 Å². The topological polar surface area (TPSA) is 65.4 Å². The number of nitrogens with one attached hydrogen (secondary N) is 1. The van der Waals surface area contributed by atoms with Crippen molar-refractivity contribution in [1.82, 2.24) is 15.1 Å². The molecule has 0 bridgehead atoms. The van der Waals surface area contributed by atoms with Gasteiger partial charge in [-0.2, -0.15) is 5.10 Å². The monoisotopic (exact) mass is 287 g/mol. The van der Waals surface area contributed by atoms with Crippen LogP contribution < -0.4 is 10.1 Å². The molecule has 1 N–H and O–H groups in total. The smallest absolute Gasteiger partial charge is 0.272 e. The van der Waals surface area contributed by atoms with Crippen LogP contribution in [0.15, 0.2) is 24.3 Å². The maximum atomic E-state index is 12.2. The van der Waals surface area contributed by atoms with Crippen molar-refractivity contribution in [1.29, 1.82) is 0 Å². The first kappa shape index (κ1) is 13.6. The van der Waals surface area contributed by atoms with Gasteiger partial charge in [0, 0.05) is 31.8 Å². The van der Waals surface area contributed by atoms with Crippen molar-refractivity contribution >= 4 is 5.91 Å². The molecule has 0 aliphatic carbocycles. The molecule has 2 aromatic rings. The fourth-order valence-corrected chi connectivity index (χ4v) is 2.51. The third-order valence-corrected chi connectivity index (χ3v) is 3.47. The van der Waals surface area contributed by atoms with Gasteiger partial charge in [-0.15, -0.1) is 0 Å². The summed E-state index contributed by atoms with van der Waals surface area (Å²) in [6.45, 7) is 1.28. The van der Waals surface area contributed by atoms with Crippen LogP contribution in [0.2, 0.25) is 0 Å². The van der Waals surface area contributed by atoms with Gasteiger partial charge in [0.05, 0.1) is 12.3 Å². The van der Waals surface area contributed by atoms with Crippen molar-refractivity contribution in [3.63, 3.8) is 0 Å². The van der Waals surface area contributed by atoms with Gasteiger partial charge in [0.1, 0.15) is 12.4 Å². The molecule has 0 fully saturated rings. The first-order chi connectivity index (χ1) is 10.2. The van der Waals surface area contributed by atoms with Crippen molar-refractivity contribution < 1.29 is 14.3 Å². The molecule has 6 heteroatoms. The molecular formula is C15H17N3O3. The molecule has 1 aliphatic rings. The highest BCUT2D eigenvalue weighted by Gasteiger charge is 2.27. The molecule has 0 spiro atoms. The Morgan fingerprint density at radius 3 is 3.10 bits per heavy atom. The van der Waals surface area contributed by atoms with E-state index in [2.05, 4.69) is 10.4 Å². The number of hydrogen-bond acceptors (Lipinski definition) is 4. The number of benzene rings is 1. The lowest BCUT2D eigenvalue weighted by molar-refractivity contribution is 0.0929. The van der Waals surface area contributed by atoms with Crippen LogP contribution in [-0.4, -0.2) is 35.9 Å². The van der Waals surface area contributed by atoms with E-state index in [1.807, 2.05) is 31.3 Å². The number of aromatic nitrogens is 2. The second kappa shape index (κ2) is 5.57. The van der Waals surface area contributed by atoms with Crippen molar-refractivity contribution in [3.05, 3.63) is 35.5 Å². The zero-order valence-corrected chi connectivity index (χ0v) is 12.0. The molecule has 0 unspecified atom stereocenters. The maximum absolute atomic E-state index is 12.2. The van der Waals surface area contributed by atoms with E-state index in [1.54, 1.807) is 11.8 Å². The molecule has 0 saturated carbocycles. The van der Waals surface area contributed by atoms with Crippen LogP contribution in [0.3, 0.4) is 0 Å². The normalized spacial score (nSPS) is 12.3. The molecule has 1 amide bonds. The second-order valence-electron chi connectivity index (χ2n) is 4.83. The van der Waals surface area contributed by atoms with Crippen molar-refractivity contribution in [2.75, 3.05) is 20.3 Å². The SMILES string of the molecule is COCCNC(=O)c1nn(C)c2c1COc1ccccc1-2.